The fourth-order valence-electron chi connectivity index (χ4n) is 1.75. The van der Waals surface area contributed by atoms with E-state index in [1.54, 1.807) is 9.80 Å². The number of methoxy groups -OCH3 is 4. The third-order valence-corrected chi connectivity index (χ3v) is 2.58. The van der Waals surface area contributed by atoms with Crippen LogP contribution in [0.25, 0.3) is 0 Å². The van der Waals surface area contributed by atoms with Crippen LogP contribution in [-0.2, 0) is 18.9 Å². The second-order valence-corrected chi connectivity index (χ2v) is 4.53. The molecule has 3 N–H and O–H groups in total. The van der Waals surface area contributed by atoms with Gasteiger partial charge < -0.3 is 34.5 Å². The average Bonchev–Trinajstić information content (AvgIpc) is 2.53. The van der Waals surface area contributed by atoms with Gasteiger partial charge in [0.1, 0.15) is 26.9 Å². The minimum absolute atomic E-state index is 0.0422. The highest BCUT2D eigenvalue weighted by Gasteiger charge is 2.18. The zero-order chi connectivity index (χ0) is 17.9. The number of aliphatic hydroxyl groups excluding tert-OH is 1. The molecule has 0 saturated heterocycles. The second kappa shape index (κ2) is 10.9. The predicted octanol–water partition coefficient (Wildman–Crippen LogP) is -1.42. The fraction of sp³-hybridized carbons (Fsp3) is 0.750. The molecular formula is C12H24N6O6. The van der Waals surface area contributed by atoms with Gasteiger partial charge in [0.25, 0.3) is 0 Å². The van der Waals surface area contributed by atoms with Gasteiger partial charge in [0.05, 0.1) is 0 Å². The monoisotopic (exact) mass is 348 g/mol. The number of ether oxygens (including phenoxy) is 4. The average molecular weight is 348 g/mol. The molecule has 1 rings (SSSR count). The molecule has 0 unspecified atom stereocenters. The van der Waals surface area contributed by atoms with Crippen LogP contribution in [0.5, 0.6) is 0 Å². The Bertz CT molecular complexity index is 433. The van der Waals surface area contributed by atoms with Gasteiger partial charge in [-0.3, -0.25) is 9.80 Å². The summed E-state index contributed by atoms with van der Waals surface area (Å²) in [7, 11) is 6.07. The Labute approximate surface area is 139 Å². The molecule has 0 fully saturated rings. The minimum Gasteiger partial charge on any atom is -0.364 e. The highest BCUT2D eigenvalue weighted by atomic mass is 16.5. The van der Waals surface area contributed by atoms with Gasteiger partial charge in [-0.15, -0.1) is 0 Å². The van der Waals surface area contributed by atoms with Crippen LogP contribution in [0.1, 0.15) is 0 Å². The van der Waals surface area contributed by atoms with Crippen LogP contribution in [0.2, 0.25) is 0 Å². The minimum atomic E-state index is -1.83. The molecule has 24 heavy (non-hydrogen) atoms. The molecule has 0 radical (unpaired) electrons. The van der Waals surface area contributed by atoms with Crippen molar-refractivity contribution in [1.29, 1.82) is 0 Å². The number of hydrogen-bond donors (Lipinski definition) is 3. The highest BCUT2D eigenvalue weighted by Crippen LogP contribution is 2.17. The van der Waals surface area contributed by atoms with E-state index in [0.717, 1.165) is 0 Å². The number of aromatic nitrogens is 3. The maximum atomic E-state index is 9.10. The summed E-state index contributed by atoms with van der Waals surface area (Å²) in [4.78, 5) is 15.7. The topological polar surface area (TPSA) is 135 Å². The lowest BCUT2D eigenvalue weighted by molar-refractivity contribution is -0.0153. The van der Waals surface area contributed by atoms with E-state index in [4.69, 9.17) is 29.2 Å². The van der Waals surface area contributed by atoms with E-state index in [2.05, 4.69) is 20.3 Å². The summed E-state index contributed by atoms with van der Waals surface area (Å²) in [5.74, 6) is 0.382. The molecule has 1 aromatic rings. The summed E-state index contributed by atoms with van der Waals surface area (Å²) in [6.45, 7) is 0.639. The zero-order valence-electron chi connectivity index (χ0n) is 14.2. The Morgan fingerprint density at radius 3 is 1.46 bits per heavy atom. The van der Waals surface area contributed by atoms with E-state index in [1.165, 1.54) is 28.4 Å². The van der Waals surface area contributed by atoms with Crippen molar-refractivity contribution in [3.8, 4) is 0 Å². The molecule has 0 aliphatic heterocycles. The summed E-state index contributed by atoms with van der Waals surface area (Å²) in [5.41, 5.74) is 0. The lowest BCUT2D eigenvalue weighted by Gasteiger charge is -2.25. The lowest BCUT2D eigenvalue weighted by atomic mass is 10.7. The number of rotatable bonds is 12. The Morgan fingerprint density at radius 2 is 1.17 bits per heavy atom. The molecule has 1 aromatic heterocycles. The fourth-order valence-corrected chi connectivity index (χ4v) is 1.75. The quantitative estimate of drug-likeness (QED) is 0.383. The number of nitrogens with one attached hydrogen (secondary N) is 1. The molecule has 0 aliphatic rings. The maximum Gasteiger partial charge on any atom is 0.235 e. The molecule has 0 aromatic carbocycles. The van der Waals surface area contributed by atoms with Crippen molar-refractivity contribution in [3.05, 3.63) is 0 Å². The number of aliphatic hydroxyl groups is 2. The Balaban J connectivity index is 3.22. The third kappa shape index (κ3) is 6.35. The molecule has 0 amide bonds. The van der Waals surface area contributed by atoms with E-state index in [0.29, 0.717) is 0 Å². The van der Waals surface area contributed by atoms with E-state index >= 15 is 0 Å². The first kappa shape index (κ1) is 20.2. The van der Waals surface area contributed by atoms with Crippen LogP contribution in [-0.4, -0.2) is 86.9 Å². The van der Waals surface area contributed by atoms with Gasteiger partial charge in [0, 0.05) is 28.4 Å². The Morgan fingerprint density at radius 1 is 0.792 bits per heavy atom. The predicted molar refractivity (Wildman–Crippen MR) is 84.1 cm³/mol. The maximum absolute atomic E-state index is 9.10. The van der Waals surface area contributed by atoms with Crippen LogP contribution in [0.15, 0.2) is 0 Å². The molecule has 0 bridgehead atoms. The van der Waals surface area contributed by atoms with Gasteiger partial charge in [0.15, 0.2) is 0 Å². The van der Waals surface area contributed by atoms with Crippen molar-refractivity contribution >= 4 is 17.8 Å². The lowest BCUT2D eigenvalue weighted by Crippen LogP contribution is -2.34. The Kier molecular flexibility index (Phi) is 9.14. The van der Waals surface area contributed by atoms with Gasteiger partial charge in [-0.05, 0) is 0 Å². The van der Waals surface area contributed by atoms with Gasteiger partial charge in [0.2, 0.25) is 24.3 Å². The standard InChI is InChI=1S/C12H24N6O6/c1-21-5-17(6-22-2)10-13-9(15-12(19)20)14-11(16-10)18(7-23-3)8-24-4/h12,19-20H,5-8H2,1-4H3,(H,13,14,15,16). The summed E-state index contributed by atoms with van der Waals surface area (Å²) in [6.07, 6.45) is -1.83. The first-order valence-electron chi connectivity index (χ1n) is 6.90. The summed E-state index contributed by atoms with van der Waals surface area (Å²) in [5, 5.41) is 20.5. The van der Waals surface area contributed by atoms with Crippen LogP contribution < -0.4 is 15.1 Å². The molecule has 0 aliphatic carbocycles. The largest absolute Gasteiger partial charge is 0.364 e. The molecule has 1 heterocycles. The van der Waals surface area contributed by atoms with Crippen molar-refractivity contribution in [2.45, 2.75) is 6.41 Å². The second-order valence-electron chi connectivity index (χ2n) is 4.53. The Hall–Kier alpha value is -1.83. The van der Waals surface area contributed by atoms with Gasteiger partial charge in [-0.2, -0.15) is 15.0 Å². The first-order chi connectivity index (χ1) is 11.5. The summed E-state index contributed by atoms with van der Waals surface area (Å²) in [6, 6.07) is 0. The SMILES string of the molecule is COCN(COC)c1nc(NC(O)O)nc(N(COC)COC)n1. The molecule has 12 heteroatoms. The smallest absolute Gasteiger partial charge is 0.235 e. The van der Waals surface area contributed by atoms with Gasteiger partial charge >= 0.3 is 0 Å². The van der Waals surface area contributed by atoms with E-state index in [1.807, 2.05) is 0 Å². The number of hydrogen-bond acceptors (Lipinski definition) is 12. The summed E-state index contributed by atoms with van der Waals surface area (Å²) < 4.78 is 20.4. The molecule has 12 nitrogen and oxygen atoms in total. The number of nitrogens with zero attached hydrogens (tertiary/aromatic N) is 5. The van der Waals surface area contributed by atoms with E-state index in [-0.39, 0.29) is 44.8 Å². The van der Waals surface area contributed by atoms with Crippen LogP contribution >= 0.6 is 0 Å². The van der Waals surface area contributed by atoms with Crippen LogP contribution in [0, 0.1) is 0 Å². The molecule has 0 atom stereocenters. The van der Waals surface area contributed by atoms with Crippen molar-refractivity contribution < 1.29 is 29.2 Å². The molecule has 0 saturated carbocycles. The van der Waals surface area contributed by atoms with Crippen LogP contribution in [0.3, 0.4) is 0 Å². The van der Waals surface area contributed by atoms with E-state index < -0.39 is 6.41 Å². The first-order valence-corrected chi connectivity index (χ1v) is 6.90. The van der Waals surface area contributed by atoms with Crippen molar-refractivity contribution in [1.82, 2.24) is 15.0 Å². The molecular weight excluding hydrogens is 324 g/mol. The van der Waals surface area contributed by atoms with Gasteiger partial charge in [-0.25, -0.2) is 0 Å². The van der Waals surface area contributed by atoms with Crippen molar-refractivity contribution in [2.24, 2.45) is 0 Å². The normalized spacial score (nSPS) is 11.0. The number of anilines is 3. The molecule has 0 spiro atoms. The zero-order valence-corrected chi connectivity index (χ0v) is 14.2. The highest BCUT2D eigenvalue weighted by molar-refractivity contribution is 5.44. The molecule has 138 valence electrons. The third-order valence-electron chi connectivity index (χ3n) is 2.58. The van der Waals surface area contributed by atoms with Gasteiger partial charge in [-0.1, -0.05) is 0 Å². The van der Waals surface area contributed by atoms with Crippen molar-refractivity contribution in [3.63, 3.8) is 0 Å². The van der Waals surface area contributed by atoms with Crippen molar-refractivity contribution in [2.75, 3.05) is 70.5 Å². The van der Waals surface area contributed by atoms with E-state index in [9.17, 15) is 0 Å². The van der Waals surface area contributed by atoms with Crippen LogP contribution in [0.4, 0.5) is 17.8 Å². The summed E-state index contributed by atoms with van der Waals surface area (Å²) >= 11 is 0.